The number of aliphatic hydroxyl groups is 1. The van der Waals surface area contributed by atoms with Crippen LogP contribution in [0.15, 0.2) is 30.3 Å². The van der Waals surface area contributed by atoms with Crippen LogP contribution < -0.4 is 16.0 Å². The zero-order valence-corrected chi connectivity index (χ0v) is 34.1. The molecule has 1 saturated heterocycles. The first-order valence-electron chi connectivity index (χ1n) is 19.1. The lowest BCUT2D eigenvalue weighted by Gasteiger charge is -2.49. The molecule has 1 fully saturated rings. The van der Waals surface area contributed by atoms with Crippen LogP contribution in [0.5, 0.6) is 0 Å². The number of carbonyl (C=O) groups is 4. The van der Waals surface area contributed by atoms with Crippen LogP contribution in [0, 0.1) is 23.7 Å². The van der Waals surface area contributed by atoms with Gasteiger partial charge < -0.3 is 40.3 Å². The van der Waals surface area contributed by atoms with Crippen molar-refractivity contribution in [1.82, 2.24) is 25.8 Å². The zero-order valence-electron chi connectivity index (χ0n) is 34.1. The van der Waals surface area contributed by atoms with Crippen molar-refractivity contribution >= 4 is 23.6 Å². The Bertz CT molecular complexity index is 1300. The molecule has 1 heterocycles. The van der Waals surface area contributed by atoms with E-state index in [0.717, 1.165) is 12.8 Å². The summed E-state index contributed by atoms with van der Waals surface area (Å²) in [6.07, 6.45) is 0.0256. The lowest BCUT2D eigenvalue weighted by atomic mass is 9.77. The van der Waals surface area contributed by atoms with E-state index in [1.54, 1.807) is 52.0 Å². The van der Waals surface area contributed by atoms with Crippen molar-refractivity contribution in [3.63, 3.8) is 0 Å². The van der Waals surface area contributed by atoms with E-state index >= 15 is 0 Å². The number of carbonyl (C=O) groups excluding carboxylic acids is 4. The second-order valence-electron chi connectivity index (χ2n) is 15.5. The Hall–Kier alpha value is -3.06. The molecule has 296 valence electrons. The second-order valence-corrected chi connectivity index (χ2v) is 15.5. The molecule has 1 unspecified atom stereocenters. The number of benzene rings is 1. The maximum absolute atomic E-state index is 14.3. The van der Waals surface area contributed by atoms with Crippen LogP contribution >= 0.6 is 0 Å². The molecule has 10 atom stereocenters. The molecule has 4 amide bonds. The Balaban J connectivity index is 2.30. The van der Waals surface area contributed by atoms with Gasteiger partial charge in [0.05, 0.1) is 54.3 Å². The molecular weight excluding hydrogens is 662 g/mol. The first-order valence-corrected chi connectivity index (χ1v) is 19.1. The molecule has 0 bridgehead atoms. The average molecular weight is 732 g/mol. The summed E-state index contributed by atoms with van der Waals surface area (Å²) in [5.74, 6) is -1.73. The highest BCUT2D eigenvalue weighted by Gasteiger charge is 2.49. The molecule has 0 spiro atoms. The van der Waals surface area contributed by atoms with Gasteiger partial charge in [0.15, 0.2) is 0 Å². The van der Waals surface area contributed by atoms with E-state index in [2.05, 4.69) is 22.9 Å². The number of aliphatic hydroxyl groups excluding tert-OH is 1. The topological polar surface area (TPSA) is 150 Å². The third kappa shape index (κ3) is 10.5. The van der Waals surface area contributed by atoms with E-state index in [-0.39, 0.29) is 53.8 Å². The van der Waals surface area contributed by atoms with Crippen molar-refractivity contribution in [3.8, 4) is 0 Å². The lowest BCUT2D eigenvalue weighted by Crippen LogP contribution is -2.65. The first kappa shape index (κ1) is 45.1. The first-order chi connectivity index (χ1) is 24.4. The minimum Gasteiger partial charge on any atom is -0.386 e. The summed E-state index contributed by atoms with van der Waals surface area (Å²) in [4.78, 5) is 58.8. The summed E-state index contributed by atoms with van der Waals surface area (Å²) in [7, 11) is 6.59. The molecule has 0 radical (unpaired) electrons. The predicted molar refractivity (Wildman–Crippen MR) is 204 cm³/mol. The number of ether oxygens (including phenoxy) is 2. The molecule has 52 heavy (non-hydrogen) atoms. The number of likely N-dealkylation sites (N-methyl/N-ethyl adjacent to an activating group) is 2. The van der Waals surface area contributed by atoms with Gasteiger partial charge in [-0.3, -0.25) is 19.2 Å². The molecule has 0 saturated carbocycles. The zero-order chi connectivity index (χ0) is 39.5. The van der Waals surface area contributed by atoms with E-state index < -0.39 is 47.9 Å². The highest BCUT2D eigenvalue weighted by atomic mass is 16.5. The van der Waals surface area contributed by atoms with Crippen LogP contribution in [-0.4, -0.2) is 115 Å². The van der Waals surface area contributed by atoms with Gasteiger partial charge in [0, 0.05) is 27.8 Å². The number of amides is 4. The fraction of sp³-hybridized carbons (Fsp3) is 0.750. The number of nitrogens with one attached hydrogen (secondary N) is 3. The summed E-state index contributed by atoms with van der Waals surface area (Å²) < 4.78 is 12.0. The molecule has 1 aromatic carbocycles. The standard InChI is InChI=1S/C40H69N5O7/c1-14-26(6)40(9,44(11)39(50)34(25(4)5)43-38(49)33(41-10)24(2)3)31(51-12)23-32(46)45-22-18-21-30(45)36(52-13)27(7)37(48)42-28(8)35(47)29-19-16-15-17-20-29/h15-17,19-20,24-28,30-31,33-36,41,47H,14,18,21-23H2,1-13H3,(H,42,48)(H,43,49)/t26-,27+,28+,30-,31+,33-,34-,35?,36+,40-/m0/s1. The van der Waals surface area contributed by atoms with Crippen molar-refractivity contribution < 1.29 is 33.8 Å². The van der Waals surface area contributed by atoms with Crippen LogP contribution in [0.25, 0.3) is 0 Å². The van der Waals surface area contributed by atoms with Gasteiger partial charge in [-0.15, -0.1) is 0 Å². The lowest BCUT2D eigenvalue weighted by molar-refractivity contribution is -0.156. The van der Waals surface area contributed by atoms with E-state index in [1.807, 2.05) is 71.9 Å². The van der Waals surface area contributed by atoms with Gasteiger partial charge in [0.25, 0.3) is 0 Å². The summed E-state index contributed by atoms with van der Waals surface area (Å²) in [5.41, 5.74) is -0.200. The smallest absolute Gasteiger partial charge is 0.245 e. The minimum atomic E-state index is -0.909. The van der Waals surface area contributed by atoms with E-state index in [9.17, 15) is 24.3 Å². The molecule has 0 aliphatic carbocycles. The van der Waals surface area contributed by atoms with E-state index in [0.29, 0.717) is 18.5 Å². The minimum absolute atomic E-state index is 0.0106. The number of likely N-dealkylation sites (tertiary alicyclic amines) is 1. The summed E-state index contributed by atoms with van der Waals surface area (Å²) in [6.45, 7) is 17.8. The summed E-state index contributed by atoms with van der Waals surface area (Å²) in [6, 6.07) is 7.07. The molecular formula is C40H69N5O7. The van der Waals surface area contributed by atoms with Crippen LogP contribution in [-0.2, 0) is 28.7 Å². The van der Waals surface area contributed by atoms with Crippen LogP contribution in [0.1, 0.15) is 99.7 Å². The number of methoxy groups -OCH3 is 2. The fourth-order valence-electron chi connectivity index (χ4n) is 7.71. The molecule has 1 aliphatic heterocycles. The van der Waals surface area contributed by atoms with Gasteiger partial charge in [-0.1, -0.05) is 85.2 Å². The van der Waals surface area contributed by atoms with Crippen molar-refractivity contribution in [1.29, 1.82) is 0 Å². The number of nitrogens with zero attached hydrogens (tertiary/aromatic N) is 2. The van der Waals surface area contributed by atoms with E-state index in [1.165, 1.54) is 0 Å². The quantitative estimate of drug-likeness (QED) is 0.158. The third-order valence-electron chi connectivity index (χ3n) is 11.6. The van der Waals surface area contributed by atoms with Crippen LogP contribution in [0.2, 0.25) is 0 Å². The van der Waals surface area contributed by atoms with Crippen molar-refractivity contribution in [2.45, 2.75) is 136 Å². The molecule has 12 heteroatoms. The Morgan fingerprint density at radius 2 is 1.54 bits per heavy atom. The van der Waals surface area contributed by atoms with Crippen LogP contribution in [0.4, 0.5) is 0 Å². The Kier molecular flexibility index (Phi) is 17.7. The van der Waals surface area contributed by atoms with Gasteiger partial charge in [-0.25, -0.2) is 0 Å². The molecule has 4 N–H and O–H groups in total. The number of hydrogen-bond acceptors (Lipinski definition) is 8. The highest BCUT2D eigenvalue weighted by Crippen LogP contribution is 2.36. The molecule has 2 rings (SSSR count). The predicted octanol–water partition coefficient (Wildman–Crippen LogP) is 3.92. The maximum atomic E-state index is 14.3. The Labute approximate surface area is 313 Å². The Morgan fingerprint density at radius 1 is 0.942 bits per heavy atom. The number of hydrogen-bond donors (Lipinski definition) is 4. The maximum Gasteiger partial charge on any atom is 0.245 e. The molecule has 0 aromatic heterocycles. The molecule has 1 aromatic rings. The van der Waals surface area contributed by atoms with Crippen molar-refractivity contribution in [3.05, 3.63) is 35.9 Å². The van der Waals surface area contributed by atoms with Crippen molar-refractivity contribution in [2.75, 3.05) is 34.9 Å². The summed E-state index contributed by atoms with van der Waals surface area (Å²) >= 11 is 0. The summed E-state index contributed by atoms with van der Waals surface area (Å²) in [5, 5.41) is 19.8. The van der Waals surface area contributed by atoms with Gasteiger partial charge in [-0.2, -0.15) is 0 Å². The SMILES string of the molecule is CC[C@H](C)[C@@](C)([C@@H](CC(=O)N1CCC[C@H]1[C@H](OC)[C@@H](C)C(=O)N[C@H](C)C(O)c1ccccc1)OC)N(C)C(=O)[C@@H](NC(=O)[C@@H](NC)C(C)C)C(C)C. The van der Waals surface area contributed by atoms with Gasteiger partial charge in [0.2, 0.25) is 23.6 Å². The number of rotatable bonds is 20. The Morgan fingerprint density at radius 3 is 2.04 bits per heavy atom. The highest BCUT2D eigenvalue weighted by molar-refractivity contribution is 5.90. The second kappa shape index (κ2) is 20.4. The van der Waals surface area contributed by atoms with Crippen molar-refractivity contribution in [2.24, 2.45) is 23.7 Å². The molecule has 12 nitrogen and oxygen atoms in total. The van der Waals surface area contributed by atoms with Gasteiger partial charge >= 0.3 is 0 Å². The largest absolute Gasteiger partial charge is 0.386 e. The van der Waals surface area contributed by atoms with Crippen LogP contribution in [0.3, 0.4) is 0 Å². The van der Waals surface area contributed by atoms with E-state index in [4.69, 9.17) is 9.47 Å². The van der Waals surface area contributed by atoms with Gasteiger partial charge in [-0.05, 0) is 57.1 Å². The average Bonchev–Trinajstić information content (AvgIpc) is 3.61. The fourth-order valence-corrected chi connectivity index (χ4v) is 7.71. The molecule has 1 aliphatic rings. The normalized spacial score (nSPS) is 20.6. The third-order valence-corrected chi connectivity index (χ3v) is 11.6. The monoisotopic (exact) mass is 732 g/mol. The van der Waals surface area contributed by atoms with Gasteiger partial charge in [0.1, 0.15) is 6.04 Å².